The molecule has 0 radical (unpaired) electrons. The molecule has 1 N–H and O–H groups in total. The number of hydrogen-bond donors (Lipinski definition) is 1. The molecule has 1 aromatic rings. The summed E-state index contributed by atoms with van der Waals surface area (Å²) in [6.07, 6.45) is 0.919. The lowest BCUT2D eigenvalue weighted by atomic mass is 10.1. The summed E-state index contributed by atoms with van der Waals surface area (Å²) in [5.74, 6) is -0.191. The molecule has 0 saturated carbocycles. The molecule has 5 heteroatoms. The summed E-state index contributed by atoms with van der Waals surface area (Å²) in [4.78, 5) is 16.5. The van der Waals surface area contributed by atoms with Crippen molar-refractivity contribution in [1.29, 1.82) is 0 Å². The predicted molar refractivity (Wildman–Crippen MR) is 87.1 cm³/mol. The number of aromatic hydroxyl groups is 1. The number of rotatable bonds is 8. The van der Waals surface area contributed by atoms with Gasteiger partial charge in [0.1, 0.15) is 5.75 Å². The third-order valence-electron chi connectivity index (χ3n) is 3.65. The molecule has 1 rings (SSSR count). The Labute approximate surface area is 132 Å². The van der Waals surface area contributed by atoms with Gasteiger partial charge in [-0.25, -0.2) is 0 Å². The van der Waals surface area contributed by atoms with Crippen LogP contribution in [0.2, 0.25) is 5.02 Å². The zero-order valence-electron chi connectivity index (χ0n) is 13.1. The highest BCUT2D eigenvalue weighted by atomic mass is 35.5. The van der Waals surface area contributed by atoms with Crippen LogP contribution >= 0.6 is 11.6 Å². The Morgan fingerprint density at radius 1 is 1.14 bits per heavy atom. The molecule has 0 atom stereocenters. The van der Waals surface area contributed by atoms with Crippen molar-refractivity contribution in [3.05, 3.63) is 28.8 Å². The second kappa shape index (κ2) is 8.90. The van der Waals surface area contributed by atoms with E-state index in [2.05, 4.69) is 18.7 Å². The van der Waals surface area contributed by atoms with Crippen LogP contribution in [0.25, 0.3) is 0 Å². The van der Waals surface area contributed by atoms with Gasteiger partial charge in [-0.15, -0.1) is 0 Å². The Kier molecular flexibility index (Phi) is 7.54. The lowest BCUT2D eigenvalue weighted by Gasteiger charge is -2.24. The number of halogens is 1. The zero-order chi connectivity index (χ0) is 15.8. The monoisotopic (exact) mass is 312 g/mol. The summed E-state index contributed by atoms with van der Waals surface area (Å²) in [7, 11) is 0. The minimum atomic E-state index is -0.169. The highest BCUT2D eigenvalue weighted by Gasteiger charge is 2.18. The minimum absolute atomic E-state index is 0.0217. The fraction of sp³-hybridized carbons (Fsp3) is 0.562. The largest absolute Gasteiger partial charge is 0.507 e. The van der Waals surface area contributed by atoms with Gasteiger partial charge in [-0.05, 0) is 51.2 Å². The highest BCUT2D eigenvalue weighted by molar-refractivity contribution is 6.31. The van der Waals surface area contributed by atoms with Crippen molar-refractivity contribution >= 4 is 17.5 Å². The van der Waals surface area contributed by atoms with E-state index in [1.807, 2.05) is 6.92 Å². The Hall–Kier alpha value is -1.26. The molecule has 0 unspecified atom stereocenters. The van der Waals surface area contributed by atoms with Gasteiger partial charge in [0.25, 0.3) is 5.91 Å². The predicted octanol–water partition coefficient (Wildman–Crippen LogP) is 3.24. The van der Waals surface area contributed by atoms with Gasteiger partial charge in [0.2, 0.25) is 0 Å². The fourth-order valence-corrected chi connectivity index (χ4v) is 2.45. The SMILES string of the molecule is CCN(CC)CCCN(CC)C(=O)c1cc(Cl)ccc1O. The summed E-state index contributed by atoms with van der Waals surface area (Å²) in [5, 5.41) is 10.3. The van der Waals surface area contributed by atoms with E-state index in [1.165, 1.54) is 12.1 Å². The molecule has 1 amide bonds. The first-order chi connectivity index (χ1) is 10.0. The van der Waals surface area contributed by atoms with Gasteiger partial charge >= 0.3 is 0 Å². The van der Waals surface area contributed by atoms with Gasteiger partial charge in [-0.3, -0.25) is 4.79 Å². The van der Waals surface area contributed by atoms with E-state index < -0.39 is 0 Å². The van der Waals surface area contributed by atoms with Crippen molar-refractivity contribution in [2.45, 2.75) is 27.2 Å². The van der Waals surface area contributed by atoms with Crippen molar-refractivity contribution in [2.75, 3.05) is 32.7 Å². The van der Waals surface area contributed by atoms with Crippen LogP contribution in [-0.4, -0.2) is 53.5 Å². The van der Waals surface area contributed by atoms with E-state index in [4.69, 9.17) is 11.6 Å². The lowest BCUT2D eigenvalue weighted by molar-refractivity contribution is 0.0754. The van der Waals surface area contributed by atoms with Gasteiger partial charge in [0.05, 0.1) is 5.56 Å². The first-order valence-corrected chi connectivity index (χ1v) is 7.91. The second-order valence-electron chi connectivity index (χ2n) is 4.93. The molecule has 0 aliphatic rings. The molecule has 0 aromatic heterocycles. The molecule has 0 aliphatic carbocycles. The van der Waals surface area contributed by atoms with Gasteiger partial charge in [0.15, 0.2) is 0 Å². The molecule has 21 heavy (non-hydrogen) atoms. The first kappa shape index (κ1) is 17.8. The topological polar surface area (TPSA) is 43.8 Å². The molecule has 0 saturated heterocycles. The molecule has 0 aliphatic heterocycles. The highest BCUT2D eigenvalue weighted by Crippen LogP contribution is 2.23. The number of benzene rings is 1. The van der Waals surface area contributed by atoms with Gasteiger partial charge in [0, 0.05) is 18.1 Å². The summed E-state index contributed by atoms with van der Waals surface area (Å²) in [6, 6.07) is 4.55. The Bertz CT molecular complexity index is 462. The molecule has 1 aromatic carbocycles. The average Bonchev–Trinajstić information content (AvgIpc) is 2.49. The Morgan fingerprint density at radius 2 is 1.81 bits per heavy atom. The van der Waals surface area contributed by atoms with E-state index >= 15 is 0 Å². The van der Waals surface area contributed by atoms with Crippen molar-refractivity contribution in [1.82, 2.24) is 9.80 Å². The quantitative estimate of drug-likeness (QED) is 0.801. The van der Waals surface area contributed by atoms with Crippen LogP contribution in [0, 0.1) is 0 Å². The number of carbonyl (C=O) groups excluding carboxylic acids is 1. The van der Waals surface area contributed by atoms with Crippen LogP contribution in [0.3, 0.4) is 0 Å². The van der Waals surface area contributed by atoms with Gasteiger partial charge in [-0.1, -0.05) is 25.4 Å². The number of nitrogens with zero attached hydrogens (tertiary/aromatic N) is 2. The maximum Gasteiger partial charge on any atom is 0.257 e. The number of hydrogen-bond acceptors (Lipinski definition) is 3. The number of amides is 1. The van der Waals surface area contributed by atoms with Crippen LogP contribution in [0.5, 0.6) is 5.75 Å². The summed E-state index contributed by atoms with van der Waals surface area (Å²) >= 11 is 5.90. The molecule has 118 valence electrons. The van der Waals surface area contributed by atoms with E-state index in [1.54, 1.807) is 11.0 Å². The normalized spacial score (nSPS) is 10.9. The minimum Gasteiger partial charge on any atom is -0.507 e. The van der Waals surface area contributed by atoms with Gasteiger partial charge in [-0.2, -0.15) is 0 Å². The fourth-order valence-electron chi connectivity index (χ4n) is 2.28. The van der Waals surface area contributed by atoms with Crippen molar-refractivity contribution < 1.29 is 9.90 Å². The van der Waals surface area contributed by atoms with Crippen LogP contribution < -0.4 is 0 Å². The molecule has 0 spiro atoms. The number of phenolic OH excluding ortho intramolecular Hbond substituents is 1. The summed E-state index contributed by atoms with van der Waals surface area (Å²) in [5.41, 5.74) is 0.271. The Balaban J connectivity index is 2.67. The van der Waals surface area contributed by atoms with E-state index in [0.29, 0.717) is 18.1 Å². The van der Waals surface area contributed by atoms with Crippen LogP contribution in [0.1, 0.15) is 37.6 Å². The van der Waals surface area contributed by atoms with Crippen LogP contribution in [0.4, 0.5) is 0 Å². The number of carbonyl (C=O) groups is 1. The van der Waals surface area contributed by atoms with Crippen LogP contribution in [-0.2, 0) is 0 Å². The standard InChI is InChI=1S/C16H25ClN2O2/c1-4-18(5-2)10-7-11-19(6-3)16(21)14-12-13(17)8-9-15(14)20/h8-9,12,20H,4-7,10-11H2,1-3H3. The average molecular weight is 313 g/mol. The number of phenols is 1. The van der Waals surface area contributed by atoms with Crippen molar-refractivity contribution in [3.63, 3.8) is 0 Å². The second-order valence-corrected chi connectivity index (χ2v) is 5.36. The van der Waals surface area contributed by atoms with Crippen molar-refractivity contribution in [2.24, 2.45) is 0 Å². The molecular formula is C16H25ClN2O2. The first-order valence-electron chi connectivity index (χ1n) is 7.53. The molecule has 4 nitrogen and oxygen atoms in total. The molecule has 0 bridgehead atoms. The zero-order valence-corrected chi connectivity index (χ0v) is 13.9. The van der Waals surface area contributed by atoms with Crippen molar-refractivity contribution in [3.8, 4) is 5.75 Å². The van der Waals surface area contributed by atoms with E-state index in [0.717, 1.165) is 26.1 Å². The summed E-state index contributed by atoms with van der Waals surface area (Å²) in [6.45, 7) is 10.5. The smallest absolute Gasteiger partial charge is 0.257 e. The third kappa shape index (κ3) is 5.21. The van der Waals surface area contributed by atoms with E-state index in [-0.39, 0.29) is 17.2 Å². The maximum atomic E-state index is 12.5. The Morgan fingerprint density at radius 3 is 2.38 bits per heavy atom. The lowest BCUT2D eigenvalue weighted by Crippen LogP contribution is -2.34. The third-order valence-corrected chi connectivity index (χ3v) is 3.89. The van der Waals surface area contributed by atoms with Gasteiger partial charge < -0.3 is 14.9 Å². The molecule has 0 fully saturated rings. The molecule has 0 heterocycles. The summed E-state index contributed by atoms with van der Waals surface area (Å²) < 4.78 is 0. The van der Waals surface area contributed by atoms with Crippen LogP contribution in [0.15, 0.2) is 18.2 Å². The van der Waals surface area contributed by atoms with E-state index in [9.17, 15) is 9.90 Å². The maximum absolute atomic E-state index is 12.5. The molecular weight excluding hydrogens is 288 g/mol.